The number of hydrogen-bond donors (Lipinski definition) is 1. The van der Waals surface area contributed by atoms with Crippen molar-refractivity contribution in [1.29, 1.82) is 0 Å². The van der Waals surface area contributed by atoms with Crippen LogP contribution in [0.3, 0.4) is 0 Å². The van der Waals surface area contributed by atoms with Gasteiger partial charge in [-0.1, -0.05) is 12.1 Å². The molecule has 2 N–H and O–H groups in total. The van der Waals surface area contributed by atoms with Crippen molar-refractivity contribution in [3.8, 4) is 16.9 Å². The molecule has 0 saturated heterocycles. The Hall–Kier alpha value is -1.87. The van der Waals surface area contributed by atoms with Crippen LogP contribution in [0, 0.1) is 13.8 Å². The summed E-state index contributed by atoms with van der Waals surface area (Å²) in [6.45, 7) is 5.18. The summed E-state index contributed by atoms with van der Waals surface area (Å²) >= 11 is 0. The molecule has 0 atom stereocenters. The van der Waals surface area contributed by atoms with Gasteiger partial charge in [0.1, 0.15) is 12.4 Å². The first-order valence-corrected chi connectivity index (χ1v) is 6.08. The van der Waals surface area contributed by atoms with Gasteiger partial charge in [-0.3, -0.25) is 4.98 Å². The summed E-state index contributed by atoms with van der Waals surface area (Å²) in [7, 11) is 0. The van der Waals surface area contributed by atoms with Gasteiger partial charge in [0.25, 0.3) is 0 Å². The van der Waals surface area contributed by atoms with Crippen LogP contribution in [-0.2, 0) is 0 Å². The second-order valence-electron chi connectivity index (χ2n) is 4.25. The Bertz CT molecular complexity index is 538. The lowest BCUT2D eigenvalue weighted by Gasteiger charge is -2.11. The van der Waals surface area contributed by atoms with Gasteiger partial charge in [0.15, 0.2) is 0 Å². The minimum absolute atomic E-state index is 0.530. The lowest BCUT2D eigenvalue weighted by molar-refractivity contribution is 0.328. The van der Waals surface area contributed by atoms with Gasteiger partial charge in [-0.15, -0.1) is 0 Å². The first-order valence-electron chi connectivity index (χ1n) is 6.08. The Morgan fingerprint density at radius 2 is 2.00 bits per heavy atom. The molecule has 2 aromatic rings. The highest BCUT2D eigenvalue weighted by molar-refractivity contribution is 5.69. The van der Waals surface area contributed by atoms with Crippen LogP contribution >= 0.6 is 0 Å². The monoisotopic (exact) mass is 242 g/mol. The van der Waals surface area contributed by atoms with Gasteiger partial charge >= 0.3 is 0 Å². The van der Waals surface area contributed by atoms with Crippen molar-refractivity contribution in [1.82, 2.24) is 4.98 Å². The van der Waals surface area contributed by atoms with Crippen LogP contribution in [0.2, 0.25) is 0 Å². The van der Waals surface area contributed by atoms with Gasteiger partial charge in [0.05, 0.1) is 0 Å². The fourth-order valence-corrected chi connectivity index (χ4v) is 1.97. The summed E-state index contributed by atoms with van der Waals surface area (Å²) < 4.78 is 5.52. The molecule has 1 aromatic carbocycles. The molecule has 0 aliphatic rings. The average molecular weight is 242 g/mol. The quantitative estimate of drug-likeness (QED) is 0.896. The predicted octanol–water partition coefficient (Wildman–Crippen LogP) is 2.70. The van der Waals surface area contributed by atoms with Crippen LogP contribution < -0.4 is 10.5 Å². The minimum atomic E-state index is 0.530. The molecule has 1 aromatic heterocycles. The van der Waals surface area contributed by atoms with Crippen molar-refractivity contribution < 1.29 is 4.74 Å². The SMILES string of the molecule is Cc1cc(OCCN)ccc1-c1cccnc1C. The van der Waals surface area contributed by atoms with Gasteiger partial charge in [-0.2, -0.15) is 0 Å². The number of pyridine rings is 1. The summed E-state index contributed by atoms with van der Waals surface area (Å²) in [5.41, 5.74) is 10.0. The van der Waals surface area contributed by atoms with Crippen molar-refractivity contribution in [2.75, 3.05) is 13.2 Å². The number of aromatic nitrogens is 1. The molecule has 3 nitrogen and oxygen atoms in total. The molecule has 18 heavy (non-hydrogen) atoms. The topological polar surface area (TPSA) is 48.1 Å². The summed E-state index contributed by atoms with van der Waals surface area (Å²) in [6.07, 6.45) is 1.81. The third-order valence-corrected chi connectivity index (χ3v) is 2.88. The van der Waals surface area contributed by atoms with Crippen molar-refractivity contribution in [2.24, 2.45) is 5.73 Å². The van der Waals surface area contributed by atoms with Gasteiger partial charge in [0, 0.05) is 24.0 Å². The number of benzene rings is 1. The molecular formula is C15H18N2O. The maximum absolute atomic E-state index is 5.52. The molecule has 0 saturated carbocycles. The van der Waals surface area contributed by atoms with E-state index in [9.17, 15) is 0 Å². The van der Waals surface area contributed by atoms with E-state index < -0.39 is 0 Å². The molecule has 0 amide bonds. The fourth-order valence-electron chi connectivity index (χ4n) is 1.97. The van der Waals surface area contributed by atoms with Crippen molar-refractivity contribution in [2.45, 2.75) is 13.8 Å². The lowest BCUT2D eigenvalue weighted by atomic mass is 9.99. The van der Waals surface area contributed by atoms with E-state index in [1.807, 2.05) is 31.3 Å². The largest absolute Gasteiger partial charge is 0.492 e. The smallest absolute Gasteiger partial charge is 0.119 e. The molecule has 0 bridgehead atoms. The van der Waals surface area contributed by atoms with Crippen LogP contribution in [-0.4, -0.2) is 18.1 Å². The van der Waals surface area contributed by atoms with Crippen molar-refractivity contribution in [3.63, 3.8) is 0 Å². The molecule has 0 aliphatic carbocycles. The third-order valence-electron chi connectivity index (χ3n) is 2.88. The van der Waals surface area contributed by atoms with Crippen LogP contribution in [0.25, 0.3) is 11.1 Å². The zero-order valence-electron chi connectivity index (χ0n) is 10.8. The standard InChI is InChI=1S/C15H18N2O/c1-11-10-13(18-9-7-16)5-6-14(11)15-4-3-8-17-12(15)2/h3-6,8,10H,7,9,16H2,1-2H3. The van der Waals surface area contributed by atoms with E-state index in [1.165, 1.54) is 16.7 Å². The number of aryl methyl sites for hydroxylation is 2. The van der Waals surface area contributed by atoms with E-state index >= 15 is 0 Å². The van der Waals surface area contributed by atoms with Crippen molar-refractivity contribution in [3.05, 3.63) is 47.8 Å². The Kier molecular flexibility index (Phi) is 3.95. The Balaban J connectivity index is 2.33. The van der Waals surface area contributed by atoms with Gasteiger partial charge in [-0.25, -0.2) is 0 Å². The third kappa shape index (κ3) is 2.68. The lowest BCUT2D eigenvalue weighted by Crippen LogP contribution is -2.10. The molecule has 94 valence electrons. The Labute approximate surface area is 108 Å². The molecule has 0 aliphatic heterocycles. The highest BCUT2D eigenvalue weighted by Crippen LogP contribution is 2.28. The Morgan fingerprint density at radius 1 is 1.17 bits per heavy atom. The highest BCUT2D eigenvalue weighted by Gasteiger charge is 2.06. The van der Waals surface area contributed by atoms with Crippen LogP contribution in [0.4, 0.5) is 0 Å². The number of rotatable bonds is 4. The molecule has 2 rings (SSSR count). The number of nitrogens with zero attached hydrogens (tertiary/aromatic N) is 1. The maximum atomic E-state index is 5.52. The molecule has 3 heteroatoms. The van der Waals surface area contributed by atoms with Crippen molar-refractivity contribution >= 4 is 0 Å². The summed E-state index contributed by atoms with van der Waals surface area (Å²) in [4.78, 5) is 4.32. The second kappa shape index (κ2) is 5.65. The van der Waals surface area contributed by atoms with Gasteiger partial charge in [-0.05, 0) is 43.2 Å². The molecule has 0 spiro atoms. The number of nitrogens with two attached hydrogens (primary N) is 1. The van der Waals surface area contributed by atoms with Crippen LogP contribution in [0.5, 0.6) is 5.75 Å². The predicted molar refractivity (Wildman–Crippen MR) is 73.7 cm³/mol. The minimum Gasteiger partial charge on any atom is -0.492 e. The van der Waals surface area contributed by atoms with Gasteiger partial charge in [0.2, 0.25) is 0 Å². The van der Waals surface area contributed by atoms with Crippen LogP contribution in [0.1, 0.15) is 11.3 Å². The number of ether oxygens (including phenoxy) is 1. The normalized spacial score (nSPS) is 10.4. The van der Waals surface area contributed by atoms with Gasteiger partial charge < -0.3 is 10.5 Å². The molecule has 1 heterocycles. The van der Waals surface area contributed by atoms with Crippen LogP contribution in [0.15, 0.2) is 36.5 Å². The highest BCUT2D eigenvalue weighted by atomic mass is 16.5. The molecule has 0 radical (unpaired) electrons. The summed E-state index contributed by atoms with van der Waals surface area (Å²) in [6, 6.07) is 10.1. The number of hydrogen-bond acceptors (Lipinski definition) is 3. The van der Waals surface area contributed by atoms with E-state index in [0.717, 1.165) is 11.4 Å². The first kappa shape index (κ1) is 12.6. The molecule has 0 unspecified atom stereocenters. The Morgan fingerprint density at radius 3 is 2.67 bits per heavy atom. The zero-order valence-corrected chi connectivity index (χ0v) is 10.8. The fraction of sp³-hybridized carbons (Fsp3) is 0.267. The van der Waals surface area contributed by atoms with E-state index in [1.54, 1.807) is 0 Å². The molecular weight excluding hydrogens is 224 g/mol. The summed E-state index contributed by atoms with van der Waals surface area (Å²) in [5, 5.41) is 0. The maximum Gasteiger partial charge on any atom is 0.119 e. The molecule has 0 fully saturated rings. The van der Waals surface area contributed by atoms with E-state index in [2.05, 4.69) is 24.0 Å². The van der Waals surface area contributed by atoms with E-state index in [-0.39, 0.29) is 0 Å². The first-order chi connectivity index (χ1) is 8.72. The van der Waals surface area contributed by atoms with E-state index in [4.69, 9.17) is 10.5 Å². The second-order valence-corrected chi connectivity index (χ2v) is 4.25. The zero-order chi connectivity index (χ0) is 13.0. The summed E-state index contributed by atoms with van der Waals surface area (Å²) in [5.74, 6) is 0.864. The average Bonchev–Trinajstić information content (AvgIpc) is 2.38. The van der Waals surface area contributed by atoms with E-state index in [0.29, 0.717) is 13.2 Å².